The number of aromatic nitrogens is 1. The molecule has 0 aliphatic heterocycles. The van der Waals surface area contributed by atoms with Crippen molar-refractivity contribution in [2.24, 2.45) is 0 Å². The van der Waals surface area contributed by atoms with Crippen molar-refractivity contribution in [3.05, 3.63) is 48.3 Å². The normalized spacial score (nSPS) is 12.6. The highest BCUT2D eigenvalue weighted by Gasteiger charge is 2.23. The van der Waals surface area contributed by atoms with E-state index >= 15 is 0 Å². The maximum atomic E-state index is 12.2. The van der Waals surface area contributed by atoms with Crippen molar-refractivity contribution >= 4 is 11.9 Å². The molecule has 1 amide bonds. The minimum Gasteiger partial charge on any atom is -0.503 e. The van der Waals surface area contributed by atoms with Crippen molar-refractivity contribution in [3.63, 3.8) is 0 Å². The first-order valence-corrected chi connectivity index (χ1v) is 8.33. The van der Waals surface area contributed by atoms with Crippen molar-refractivity contribution in [1.29, 1.82) is 0 Å². The van der Waals surface area contributed by atoms with Crippen molar-refractivity contribution in [3.8, 4) is 17.2 Å². The van der Waals surface area contributed by atoms with Crippen LogP contribution in [0.3, 0.4) is 0 Å². The number of ether oxygens (including phenoxy) is 3. The molecule has 0 spiro atoms. The fourth-order valence-corrected chi connectivity index (χ4v) is 2.18. The standard InChI is InChI=1S/C19H22N2O6/c1-12(27-14-7-5-4-6-8-14)11-26-19(24)13(2)21-18(23)16-17(22)15(25-3)9-10-20-16/h4-10,12-13,22H,11H2,1-3H3,(H,21,23)/t12-,13-/m0/s1. The lowest BCUT2D eigenvalue weighted by atomic mass is 10.2. The number of benzene rings is 1. The fourth-order valence-electron chi connectivity index (χ4n) is 2.18. The number of carbonyl (C=O) groups is 2. The van der Waals surface area contributed by atoms with E-state index in [4.69, 9.17) is 14.2 Å². The van der Waals surface area contributed by atoms with Crippen LogP contribution >= 0.6 is 0 Å². The molecule has 2 N–H and O–H groups in total. The lowest BCUT2D eigenvalue weighted by Gasteiger charge is -2.17. The molecule has 2 atom stereocenters. The number of rotatable bonds is 8. The van der Waals surface area contributed by atoms with Gasteiger partial charge in [-0.25, -0.2) is 9.78 Å². The molecule has 27 heavy (non-hydrogen) atoms. The van der Waals surface area contributed by atoms with Gasteiger partial charge in [-0.1, -0.05) is 18.2 Å². The molecule has 1 aromatic carbocycles. The van der Waals surface area contributed by atoms with Crippen molar-refractivity contribution in [1.82, 2.24) is 10.3 Å². The first-order chi connectivity index (χ1) is 12.9. The van der Waals surface area contributed by atoms with Gasteiger partial charge in [-0.2, -0.15) is 0 Å². The van der Waals surface area contributed by atoms with Crippen molar-refractivity contribution < 1.29 is 28.9 Å². The molecule has 0 fully saturated rings. The summed E-state index contributed by atoms with van der Waals surface area (Å²) in [6, 6.07) is 9.63. The number of aromatic hydroxyl groups is 1. The highest BCUT2D eigenvalue weighted by Crippen LogP contribution is 2.27. The highest BCUT2D eigenvalue weighted by atomic mass is 16.6. The molecule has 0 aliphatic rings. The molecule has 0 unspecified atom stereocenters. The summed E-state index contributed by atoms with van der Waals surface area (Å²) in [4.78, 5) is 28.1. The minimum atomic E-state index is -0.936. The van der Waals surface area contributed by atoms with Crippen LogP contribution in [-0.2, 0) is 9.53 Å². The quantitative estimate of drug-likeness (QED) is 0.680. The predicted molar refractivity (Wildman–Crippen MR) is 96.9 cm³/mol. The SMILES string of the molecule is COc1ccnc(C(=O)N[C@@H](C)C(=O)OC[C@H](C)Oc2ccccc2)c1O. The van der Waals surface area contributed by atoms with Gasteiger partial charge in [-0.3, -0.25) is 4.79 Å². The summed E-state index contributed by atoms with van der Waals surface area (Å²) in [5, 5.41) is 12.4. The Balaban J connectivity index is 1.85. The second kappa shape index (κ2) is 9.42. The van der Waals surface area contributed by atoms with E-state index in [1.165, 1.54) is 26.3 Å². The smallest absolute Gasteiger partial charge is 0.328 e. The van der Waals surface area contributed by atoms with Crippen LogP contribution in [0.4, 0.5) is 0 Å². The summed E-state index contributed by atoms with van der Waals surface area (Å²) in [5.74, 6) is -0.971. The van der Waals surface area contributed by atoms with Crippen LogP contribution in [0.25, 0.3) is 0 Å². The first kappa shape index (κ1) is 20.0. The molecule has 0 radical (unpaired) electrons. The average Bonchev–Trinajstić information content (AvgIpc) is 2.66. The number of methoxy groups -OCH3 is 1. The van der Waals surface area contributed by atoms with E-state index < -0.39 is 23.7 Å². The molecule has 8 heteroatoms. The number of amides is 1. The molecule has 0 aliphatic carbocycles. The number of nitrogens with one attached hydrogen (secondary N) is 1. The van der Waals surface area contributed by atoms with Crippen LogP contribution in [0.1, 0.15) is 24.3 Å². The van der Waals surface area contributed by atoms with Crippen LogP contribution in [-0.4, -0.2) is 47.8 Å². The number of esters is 1. The Morgan fingerprint density at radius 1 is 1.19 bits per heavy atom. The van der Waals surface area contributed by atoms with E-state index in [1.807, 2.05) is 18.2 Å². The number of para-hydroxylation sites is 1. The third-order valence-electron chi connectivity index (χ3n) is 3.56. The molecule has 1 heterocycles. The predicted octanol–water partition coefficient (Wildman–Crippen LogP) is 1.92. The Morgan fingerprint density at radius 2 is 1.89 bits per heavy atom. The molecule has 8 nitrogen and oxygen atoms in total. The van der Waals surface area contributed by atoms with Crippen LogP contribution < -0.4 is 14.8 Å². The van der Waals surface area contributed by atoms with Gasteiger partial charge in [0.25, 0.3) is 5.91 Å². The number of hydrogen-bond donors (Lipinski definition) is 2. The molecule has 0 saturated carbocycles. The largest absolute Gasteiger partial charge is 0.503 e. The Kier molecular flexibility index (Phi) is 6.99. The van der Waals surface area contributed by atoms with Crippen LogP contribution in [0.15, 0.2) is 42.6 Å². The zero-order valence-corrected chi connectivity index (χ0v) is 15.3. The number of carbonyl (C=O) groups excluding carboxylic acids is 2. The molecule has 1 aromatic heterocycles. The maximum Gasteiger partial charge on any atom is 0.328 e. The summed E-state index contributed by atoms with van der Waals surface area (Å²) in [7, 11) is 1.36. The molecular formula is C19H22N2O6. The highest BCUT2D eigenvalue weighted by molar-refractivity contribution is 5.97. The van der Waals surface area contributed by atoms with E-state index in [-0.39, 0.29) is 24.2 Å². The summed E-state index contributed by atoms with van der Waals surface area (Å²) < 4.78 is 15.7. The number of pyridine rings is 1. The summed E-state index contributed by atoms with van der Waals surface area (Å²) in [6.45, 7) is 3.26. The van der Waals surface area contributed by atoms with Gasteiger partial charge in [-0.15, -0.1) is 0 Å². The van der Waals surface area contributed by atoms with E-state index in [1.54, 1.807) is 19.1 Å². The lowest BCUT2D eigenvalue weighted by Crippen LogP contribution is -2.40. The Hall–Kier alpha value is -3.29. The van der Waals surface area contributed by atoms with E-state index in [2.05, 4.69) is 10.3 Å². The topological polar surface area (TPSA) is 107 Å². The fraction of sp³-hybridized carbons (Fsp3) is 0.316. The monoisotopic (exact) mass is 374 g/mol. The zero-order chi connectivity index (χ0) is 19.8. The van der Waals surface area contributed by atoms with E-state index in [0.29, 0.717) is 5.75 Å². The van der Waals surface area contributed by atoms with Crippen molar-refractivity contribution in [2.45, 2.75) is 26.0 Å². The third kappa shape index (κ3) is 5.60. The molecule has 0 saturated heterocycles. The lowest BCUT2D eigenvalue weighted by molar-refractivity contribution is -0.147. The van der Waals surface area contributed by atoms with Gasteiger partial charge >= 0.3 is 5.97 Å². The molecule has 144 valence electrons. The third-order valence-corrected chi connectivity index (χ3v) is 3.56. The molecule has 0 bridgehead atoms. The average molecular weight is 374 g/mol. The van der Waals surface area contributed by atoms with Crippen LogP contribution in [0, 0.1) is 0 Å². The molecular weight excluding hydrogens is 352 g/mol. The molecule has 2 rings (SSSR count). The maximum absolute atomic E-state index is 12.2. The van der Waals surface area contributed by atoms with Gasteiger partial charge in [0.05, 0.1) is 7.11 Å². The second-order valence-corrected chi connectivity index (χ2v) is 5.78. The van der Waals surface area contributed by atoms with Gasteiger partial charge in [0, 0.05) is 12.3 Å². The summed E-state index contributed by atoms with van der Waals surface area (Å²) in [5.41, 5.74) is -0.241. The van der Waals surface area contributed by atoms with Gasteiger partial charge in [0.1, 0.15) is 24.5 Å². The van der Waals surface area contributed by atoms with Crippen LogP contribution in [0.5, 0.6) is 17.2 Å². The Bertz CT molecular complexity index is 781. The Labute approximate surface area is 157 Å². The van der Waals surface area contributed by atoms with Gasteiger partial charge < -0.3 is 24.6 Å². The summed E-state index contributed by atoms with van der Waals surface area (Å²) in [6.07, 6.45) is 0.960. The minimum absolute atomic E-state index is 0.0244. The van der Waals surface area contributed by atoms with Gasteiger partial charge in [0.15, 0.2) is 17.2 Å². The van der Waals surface area contributed by atoms with Crippen LogP contribution in [0.2, 0.25) is 0 Å². The zero-order valence-electron chi connectivity index (χ0n) is 15.3. The first-order valence-electron chi connectivity index (χ1n) is 8.33. The van der Waals surface area contributed by atoms with E-state index in [9.17, 15) is 14.7 Å². The summed E-state index contributed by atoms with van der Waals surface area (Å²) >= 11 is 0. The number of hydrogen-bond acceptors (Lipinski definition) is 7. The Morgan fingerprint density at radius 3 is 2.56 bits per heavy atom. The van der Waals surface area contributed by atoms with Gasteiger partial charge in [-0.05, 0) is 26.0 Å². The van der Waals surface area contributed by atoms with Crippen molar-refractivity contribution in [2.75, 3.05) is 13.7 Å². The molecule has 2 aromatic rings. The second-order valence-electron chi connectivity index (χ2n) is 5.78. The van der Waals surface area contributed by atoms with Gasteiger partial charge in [0.2, 0.25) is 0 Å². The van der Waals surface area contributed by atoms with E-state index in [0.717, 1.165) is 0 Å². The number of nitrogens with zero attached hydrogens (tertiary/aromatic N) is 1.